The molecule has 3 nitrogen and oxygen atoms in total. The first-order valence-corrected chi connectivity index (χ1v) is 7.54. The number of amides is 1. The number of aromatic nitrogens is 1. The zero-order chi connectivity index (χ0) is 14.5. The zero-order valence-corrected chi connectivity index (χ0v) is 12.1. The monoisotopic (exact) mass is 280 g/mol. The first-order valence-electron chi connectivity index (χ1n) is 7.54. The molecule has 0 radical (unpaired) electrons. The van der Waals surface area contributed by atoms with E-state index in [9.17, 15) is 4.79 Å². The standard InChI is InChI=1S/C18H20N2O/c21-17(20-14-15-8-12-19-13-9-15)18(10-4-5-11-18)16-6-2-1-3-7-16/h1-3,6-9,12-13H,4-5,10-11,14H2,(H,20,21). The van der Waals surface area contributed by atoms with E-state index in [0.29, 0.717) is 6.54 Å². The van der Waals surface area contributed by atoms with Crippen LogP contribution in [0.2, 0.25) is 0 Å². The highest BCUT2D eigenvalue weighted by Crippen LogP contribution is 2.41. The first kappa shape index (κ1) is 13.8. The molecule has 1 aliphatic carbocycles. The van der Waals surface area contributed by atoms with Crippen LogP contribution in [0, 0.1) is 0 Å². The van der Waals surface area contributed by atoms with Gasteiger partial charge >= 0.3 is 0 Å². The molecule has 3 heteroatoms. The molecule has 1 amide bonds. The number of carbonyl (C=O) groups is 1. The average Bonchev–Trinajstić information content (AvgIpc) is 3.05. The predicted molar refractivity (Wildman–Crippen MR) is 82.7 cm³/mol. The average molecular weight is 280 g/mol. The van der Waals surface area contributed by atoms with Gasteiger partial charge in [0.25, 0.3) is 0 Å². The molecule has 1 heterocycles. The maximum atomic E-state index is 12.8. The largest absolute Gasteiger partial charge is 0.351 e. The van der Waals surface area contributed by atoms with Gasteiger partial charge in [0.1, 0.15) is 0 Å². The molecule has 1 aliphatic rings. The van der Waals surface area contributed by atoms with E-state index >= 15 is 0 Å². The van der Waals surface area contributed by atoms with E-state index in [0.717, 1.165) is 36.8 Å². The van der Waals surface area contributed by atoms with Gasteiger partial charge in [-0.15, -0.1) is 0 Å². The lowest BCUT2D eigenvalue weighted by molar-refractivity contribution is -0.126. The van der Waals surface area contributed by atoms with Gasteiger partial charge in [-0.1, -0.05) is 43.2 Å². The molecule has 21 heavy (non-hydrogen) atoms. The van der Waals surface area contributed by atoms with Crippen LogP contribution in [0.15, 0.2) is 54.9 Å². The Balaban J connectivity index is 1.77. The summed E-state index contributed by atoms with van der Waals surface area (Å²) in [7, 11) is 0. The predicted octanol–water partition coefficient (Wildman–Crippen LogP) is 3.21. The first-order chi connectivity index (χ1) is 10.3. The fourth-order valence-electron chi connectivity index (χ4n) is 3.23. The molecule has 108 valence electrons. The number of nitrogens with one attached hydrogen (secondary N) is 1. The lowest BCUT2D eigenvalue weighted by Gasteiger charge is -2.28. The topological polar surface area (TPSA) is 42.0 Å². The van der Waals surface area contributed by atoms with Crippen LogP contribution in [0.4, 0.5) is 0 Å². The molecule has 0 spiro atoms. The Labute approximate surface area is 125 Å². The van der Waals surface area contributed by atoms with Gasteiger partial charge in [-0.2, -0.15) is 0 Å². The fourth-order valence-corrected chi connectivity index (χ4v) is 3.23. The number of benzene rings is 1. The summed E-state index contributed by atoms with van der Waals surface area (Å²) in [6.45, 7) is 0.565. The van der Waals surface area contributed by atoms with Crippen molar-refractivity contribution in [2.24, 2.45) is 0 Å². The molecule has 0 atom stereocenters. The van der Waals surface area contributed by atoms with Gasteiger partial charge in [0.05, 0.1) is 5.41 Å². The van der Waals surface area contributed by atoms with Crippen molar-refractivity contribution < 1.29 is 4.79 Å². The van der Waals surface area contributed by atoms with Crippen LogP contribution in [0.1, 0.15) is 36.8 Å². The number of hydrogen-bond acceptors (Lipinski definition) is 2. The van der Waals surface area contributed by atoms with Crippen molar-refractivity contribution in [1.29, 1.82) is 0 Å². The number of nitrogens with zero attached hydrogens (tertiary/aromatic N) is 1. The molecule has 3 rings (SSSR count). The smallest absolute Gasteiger partial charge is 0.230 e. The van der Waals surface area contributed by atoms with Crippen LogP contribution >= 0.6 is 0 Å². The summed E-state index contributed by atoms with van der Waals surface area (Å²) in [6.07, 6.45) is 7.64. The van der Waals surface area contributed by atoms with Gasteiger partial charge in [-0.25, -0.2) is 0 Å². The Kier molecular flexibility index (Phi) is 4.00. The Morgan fingerprint density at radius 3 is 2.38 bits per heavy atom. The lowest BCUT2D eigenvalue weighted by Crippen LogP contribution is -2.42. The summed E-state index contributed by atoms with van der Waals surface area (Å²) in [5.41, 5.74) is 1.89. The number of pyridine rings is 1. The van der Waals surface area contributed by atoms with Crippen molar-refractivity contribution in [3.63, 3.8) is 0 Å². The van der Waals surface area contributed by atoms with Gasteiger partial charge in [0.2, 0.25) is 5.91 Å². The fraction of sp³-hybridized carbons (Fsp3) is 0.333. The third kappa shape index (κ3) is 2.82. The van der Waals surface area contributed by atoms with Gasteiger partial charge in [0.15, 0.2) is 0 Å². The molecular formula is C18H20N2O. The molecule has 1 saturated carbocycles. The van der Waals surface area contributed by atoms with Crippen molar-refractivity contribution in [1.82, 2.24) is 10.3 Å². The number of rotatable bonds is 4. The number of hydrogen-bond donors (Lipinski definition) is 1. The molecule has 0 bridgehead atoms. The normalized spacial score (nSPS) is 16.6. The maximum Gasteiger partial charge on any atom is 0.230 e. The van der Waals surface area contributed by atoms with Crippen molar-refractivity contribution in [2.75, 3.05) is 0 Å². The molecular weight excluding hydrogens is 260 g/mol. The molecule has 0 unspecified atom stereocenters. The molecule has 0 aliphatic heterocycles. The summed E-state index contributed by atoms with van der Waals surface area (Å²) >= 11 is 0. The molecule has 1 fully saturated rings. The van der Waals surface area contributed by atoms with Gasteiger partial charge in [0, 0.05) is 18.9 Å². The van der Waals surface area contributed by atoms with Crippen LogP contribution in [0.3, 0.4) is 0 Å². The van der Waals surface area contributed by atoms with Crippen molar-refractivity contribution >= 4 is 5.91 Å². The quantitative estimate of drug-likeness (QED) is 0.934. The Hall–Kier alpha value is -2.16. The van der Waals surface area contributed by atoms with Crippen molar-refractivity contribution in [3.8, 4) is 0 Å². The highest BCUT2D eigenvalue weighted by Gasteiger charge is 2.42. The minimum absolute atomic E-state index is 0.156. The zero-order valence-electron chi connectivity index (χ0n) is 12.1. The van der Waals surface area contributed by atoms with E-state index < -0.39 is 0 Å². The van der Waals surface area contributed by atoms with Gasteiger partial charge in [-0.3, -0.25) is 9.78 Å². The summed E-state index contributed by atoms with van der Waals surface area (Å²) in [4.78, 5) is 16.8. The summed E-state index contributed by atoms with van der Waals surface area (Å²) in [5, 5.41) is 3.11. The lowest BCUT2D eigenvalue weighted by atomic mass is 9.78. The number of carbonyl (C=O) groups excluding carboxylic acids is 1. The van der Waals surface area contributed by atoms with Gasteiger partial charge in [-0.05, 0) is 36.1 Å². The molecule has 1 aromatic heterocycles. The third-order valence-corrected chi connectivity index (χ3v) is 4.42. The second-order valence-corrected chi connectivity index (χ2v) is 5.69. The van der Waals surface area contributed by atoms with Crippen LogP contribution in [0.25, 0.3) is 0 Å². The van der Waals surface area contributed by atoms with E-state index in [1.54, 1.807) is 12.4 Å². The van der Waals surface area contributed by atoms with Gasteiger partial charge < -0.3 is 5.32 Å². The molecule has 0 saturated heterocycles. The van der Waals surface area contributed by atoms with Crippen LogP contribution in [-0.4, -0.2) is 10.9 Å². The Morgan fingerprint density at radius 1 is 1.05 bits per heavy atom. The van der Waals surface area contributed by atoms with E-state index in [2.05, 4.69) is 22.4 Å². The highest BCUT2D eigenvalue weighted by molar-refractivity contribution is 5.88. The SMILES string of the molecule is O=C(NCc1ccncc1)C1(c2ccccc2)CCCC1. The van der Waals surface area contributed by atoms with E-state index in [1.165, 1.54) is 0 Å². The maximum absolute atomic E-state index is 12.8. The van der Waals surface area contributed by atoms with Crippen molar-refractivity contribution in [2.45, 2.75) is 37.6 Å². The summed E-state index contributed by atoms with van der Waals surface area (Å²) < 4.78 is 0. The summed E-state index contributed by atoms with van der Waals surface area (Å²) in [6, 6.07) is 14.1. The minimum Gasteiger partial charge on any atom is -0.351 e. The minimum atomic E-state index is -0.339. The third-order valence-electron chi connectivity index (χ3n) is 4.42. The second kappa shape index (κ2) is 6.08. The highest BCUT2D eigenvalue weighted by atomic mass is 16.2. The van der Waals surface area contributed by atoms with Crippen LogP contribution < -0.4 is 5.32 Å². The van der Waals surface area contributed by atoms with E-state index in [1.807, 2.05) is 30.3 Å². The molecule has 1 aromatic carbocycles. The van der Waals surface area contributed by atoms with Crippen LogP contribution in [0.5, 0.6) is 0 Å². The molecule has 2 aromatic rings. The molecule has 1 N–H and O–H groups in total. The van der Waals surface area contributed by atoms with E-state index in [-0.39, 0.29) is 11.3 Å². The Morgan fingerprint density at radius 2 is 1.71 bits per heavy atom. The second-order valence-electron chi connectivity index (χ2n) is 5.69. The van der Waals surface area contributed by atoms with Crippen LogP contribution in [-0.2, 0) is 16.8 Å². The Bertz CT molecular complexity index is 589. The van der Waals surface area contributed by atoms with E-state index in [4.69, 9.17) is 0 Å². The van der Waals surface area contributed by atoms with Crippen molar-refractivity contribution in [3.05, 3.63) is 66.0 Å². The summed E-state index contributed by atoms with van der Waals surface area (Å²) in [5.74, 6) is 0.156.